The van der Waals surface area contributed by atoms with Gasteiger partial charge in [0.05, 0.1) is 28.4 Å². The molecule has 3 aromatic rings. The van der Waals surface area contributed by atoms with Gasteiger partial charge in [0.1, 0.15) is 17.2 Å². The molecule has 11 nitrogen and oxygen atoms in total. The van der Waals surface area contributed by atoms with Gasteiger partial charge >= 0.3 is 0 Å². The summed E-state index contributed by atoms with van der Waals surface area (Å²) in [6.45, 7) is 5.87. The lowest BCUT2D eigenvalue weighted by Crippen LogP contribution is -2.84. The van der Waals surface area contributed by atoms with Crippen LogP contribution in [0.4, 0.5) is 11.4 Å². The fourth-order valence-electron chi connectivity index (χ4n) is 6.91. The van der Waals surface area contributed by atoms with Crippen molar-refractivity contribution in [3.05, 3.63) is 80.8 Å². The molecule has 4 unspecified atom stereocenters. The number of halogens is 3. The number of nitrogens with one attached hydrogen (secondary N) is 2. The largest absolute Gasteiger partial charge is 0.497 e. The smallest absolute Gasteiger partial charge is 0.282 e. The third-order valence-electron chi connectivity index (χ3n) is 9.44. The molecule has 256 valence electrons. The molecule has 49 heavy (non-hydrogen) atoms. The maximum atomic E-state index is 14.0. The van der Waals surface area contributed by atoms with E-state index in [1.165, 1.54) is 12.1 Å². The van der Waals surface area contributed by atoms with Crippen LogP contribution >= 0.6 is 34.8 Å². The molecule has 4 atom stereocenters. The van der Waals surface area contributed by atoms with Crippen LogP contribution in [0.5, 0.6) is 11.5 Å². The number of nitrogens with zero attached hydrogens (tertiary/aromatic N) is 4. The third-order valence-corrected chi connectivity index (χ3v) is 10.2. The summed E-state index contributed by atoms with van der Waals surface area (Å²) in [5.41, 5.74) is 0.671. The Morgan fingerprint density at radius 1 is 1.08 bits per heavy atom. The van der Waals surface area contributed by atoms with E-state index >= 15 is 0 Å². The number of amides is 3. The fraction of sp³-hybridized carbons (Fsp3) is 0.371. The number of hydrogen-bond donors (Lipinski definition) is 2. The number of azo groups is 1. The van der Waals surface area contributed by atoms with Crippen LogP contribution < -0.4 is 25.1 Å². The molecule has 1 spiro atoms. The van der Waals surface area contributed by atoms with Crippen molar-refractivity contribution in [1.29, 1.82) is 0 Å². The number of aryl methyl sites for hydroxylation is 2. The van der Waals surface area contributed by atoms with Crippen molar-refractivity contribution >= 4 is 69.7 Å². The van der Waals surface area contributed by atoms with Crippen LogP contribution in [0.2, 0.25) is 15.1 Å². The third kappa shape index (κ3) is 6.35. The van der Waals surface area contributed by atoms with Gasteiger partial charge in [0.15, 0.2) is 5.84 Å². The Morgan fingerprint density at radius 3 is 2.43 bits per heavy atom. The van der Waals surface area contributed by atoms with E-state index < -0.39 is 29.0 Å². The van der Waals surface area contributed by atoms with Crippen LogP contribution in [-0.4, -0.2) is 47.8 Å². The molecule has 0 radical (unpaired) electrons. The van der Waals surface area contributed by atoms with Crippen LogP contribution in [0.25, 0.3) is 0 Å². The molecule has 3 aliphatic rings. The summed E-state index contributed by atoms with van der Waals surface area (Å²) in [5, 5.41) is 20.4. The number of carbonyl (C=O) groups excluding carboxylic acids is 3. The van der Waals surface area contributed by atoms with Gasteiger partial charge in [-0.15, -0.1) is 5.10 Å². The number of hydrazone groups is 1. The minimum Gasteiger partial charge on any atom is -0.497 e. The molecule has 2 N–H and O–H groups in total. The average molecular weight is 726 g/mol. The van der Waals surface area contributed by atoms with Crippen LogP contribution in [0.3, 0.4) is 0 Å². The maximum absolute atomic E-state index is 14.0. The van der Waals surface area contributed by atoms with Crippen LogP contribution in [0.1, 0.15) is 50.2 Å². The minimum absolute atomic E-state index is 0.0418. The monoisotopic (exact) mass is 724 g/mol. The van der Waals surface area contributed by atoms with Gasteiger partial charge in [-0.25, -0.2) is 0 Å². The minimum atomic E-state index is -1.31. The van der Waals surface area contributed by atoms with E-state index in [1.807, 2.05) is 39.0 Å². The Hall–Kier alpha value is -4.19. The summed E-state index contributed by atoms with van der Waals surface area (Å²) in [4.78, 5) is 41.1. The molecule has 3 amide bonds. The summed E-state index contributed by atoms with van der Waals surface area (Å²) in [6, 6.07) is 14.2. The lowest BCUT2D eigenvalue weighted by Gasteiger charge is -2.60. The summed E-state index contributed by atoms with van der Waals surface area (Å²) in [5.74, 6) is -0.510. The molecule has 3 aromatic carbocycles. The summed E-state index contributed by atoms with van der Waals surface area (Å²) >= 11 is 19.0. The number of β-lactam (4-membered cyclic amide) rings is 1. The van der Waals surface area contributed by atoms with E-state index in [-0.39, 0.29) is 38.4 Å². The number of ether oxygens (including phenoxy) is 2. The predicted molar refractivity (Wildman–Crippen MR) is 188 cm³/mol. The van der Waals surface area contributed by atoms with Crippen molar-refractivity contribution in [2.24, 2.45) is 21.2 Å². The molecule has 0 bridgehead atoms. The summed E-state index contributed by atoms with van der Waals surface area (Å²) in [7, 11) is 1.55. The lowest BCUT2D eigenvalue weighted by atomic mass is 9.59. The zero-order valence-corrected chi connectivity index (χ0v) is 29.6. The first kappa shape index (κ1) is 34.7. The van der Waals surface area contributed by atoms with E-state index in [0.717, 1.165) is 16.1 Å². The van der Waals surface area contributed by atoms with Gasteiger partial charge in [-0.1, -0.05) is 65.8 Å². The number of methoxy groups -OCH3 is 1. The highest BCUT2D eigenvalue weighted by Crippen LogP contribution is 2.50. The summed E-state index contributed by atoms with van der Waals surface area (Å²) in [6.07, 6.45) is 2.64. The molecule has 14 heteroatoms. The first-order chi connectivity index (χ1) is 23.4. The van der Waals surface area contributed by atoms with Crippen molar-refractivity contribution < 1.29 is 23.9 Å². The Balaban J connectivity index is 1.28. The molecule has 6 rings (SSSR count). The predicted octanol–water partition coefficient (Wildman–Crippen LogP) is 7.49. The quantitative estimate of drug-likeness (QED) is 0.183. The molecule has 1 aliphatic carbocycles. The zero-order valence-electron chi connectivity index (χ0n) is 27.4. The first-order valence-corrected chi connectivity index (χ1v) is 17.1. The number of rotatable bonds is 8. The van der Waals surface area contributed by atoms with Gasteiger partial charge in [-0.3, -0.25) is 14.4 Å². The SMILES string of the molecule is CCC1(Oc2ccc(C)cc2C)C(=O)NC12CCCC(C(=O)NC1=NN(c3c(Cl)cc(Cl)cc3Cl)C(=O)C1N=Nc1ccc(OC)cc1)C2. The van der Waals surface area contributed by atoms with Crippen molar-refractivity contribution in [2.75, 3.05) is 12.1 Å². The molecular weight excluding hydrogens is 691 g/mol. The second kappa shape index (κ2) is 13.6. The maximum Gasteiger partial charge on any atom is 0.282 e. The topological polar surface area (TPSA) is 134 Å². The van der Waals surface area contributed by atoms with Gasteiger partial charge in [0, 0.05) is 10.9 Å². The van der Waals surface area contributed by atoms with Crippen LogP contribution in [-0.2, 0) is 14.4 Å². The highest BCUT2D eigenvalue weighted by atomic mass is 35.5. The number of anilines is 1. The van der Waals surface area contributed by atoms with Crippen molar-refractivity contribution in [2.45, 2.75) is 70.1 Å². The van der Waals surface area contributed by atoms with E-state index in [1.54, 1.807) is 31.4 Å². The van der Waals surface area contributed by atoms with Crippen molar-refractivity contribution in [3.63, 3.8) is 0 Å². The molecular formula is C35H35Cl3N6O5. The number of hydrogen-bond acceptors (Lipinski definition) is 8. The summed E-state index contributed by atoms with van der Waals surface area (Å²) < 4.78 is 11.8. The van der Waals surface area contributed by atoms with Gasteiger partial charge in [-0.2, -0.15) is 15.2 Å². The lowest BCUT2D eigenvalue weighted by molar-refractivity contribution is -0.178. The van der Waals surface area contributed by atoms with Crippen LogP contribution in [0.15, 0.2) is 69.9 Å². The molecule has 2 heterocycles. The van der Waals surface area contributed by atoms with E-state index in [9.17, 15) is 14.4 Å². The fourth-order valence-corrected chi connectivity index (χ4v) is 7.89. The Labute approximate surface area is 299 Å². The second-order valence-corrected chi connectivity index (χ2v) is 13.8. The van der Waals surface area contributed by atoms with Gasteiger partial charge < -0.3 is 20.1 Å². The average Bonchev–Trinajstić information content (AvgIpc) is 3.36. The van der Waals surface area contributed by atoms with Crippen molar-refractivity contribution in [1.82, 2.24) is 10.6 Å². The number of benzene rings is 3. The number of amidine groups is 1. The molecule has 1 saturated carbocycles. The molecule has 2 aliphatic heterocycles. The standard InChI is InChI=1S/C35H35Cl3N6O5/c1-5-35(49-27-13-8-19(2)15-20(27)3)33(47)40-34(35)14-6-7-21(18-34)31(45)39-30-28(42-41-23-9-11-24(48-4)12-10-23)32(46)44(43-30)29-25(37)16-22(36)17-26(29)38/h8-13,15-17,21,28H,5-7,14,18H2,1-4H3,(H,40,47)(H,39,43,45). The highest BCUT2D eigenvalue weighted by molar-refractivity contribution is 6.43. The Kier molecular flexibility index (Phi) is 9.63. The number of carbonyl (C=O) groups is 3. The zero-order chi connectivity index (χ0) is 35.1. The van der Waals surface area contributed by atoms with Gasteiger partial charge in [-0.05, 0) is 87.6 Å². The Bertz CT molecular complexity index is 1860. The second-order valence-electron chi connectivity index (χ2n) is 12.5. The Morgan fingerprint density at radius 2 is 1.80 bits per heavy atom. The van der Waals surface area contributed by atoms with E-state index in [2.05, 4.69) is 26.0 Å². The van der Waals surface area contributed by atoms with Gasteiger partial charge in [0.25, 0.3) is 11.8 Å². The van der Waals surface area contributed by atoms with Crippen LogP contribution in [0, 0.1) is 19.8 Å². The normalized spacial score (nSPS) is 24.9. The highest BCUT2D eigenvalue weighted by Gasteiger charge is 2.68. The molecule has 2 fully saturated rings. The first-order valence-electron chi connectivity index (χ1n) is 15.9. The molecule has 1 saturated heterocycles. The van der Waals surface area contributed by atoms with E-state index in [4.69, 9.17) is 44.3 Å². The molecule has 0 aromatic heterocycles. The van der Waals surface area contributed by atoms with Crippen molar-refractivity contribution in [3.8, 4) is 11.5 Å². The van der Waals surface area contributed by atoms with E-state index in [0.29, 0.717) is 49.3 Å². The van der Waals surface area contributed by atoms with Gasteiger partial charge in [0.2, 0.25) is 17.6 Å².